The van der Waals surface area contributed by atoms with Crippen molar-refractivity contribution in [1.82, 2.24) is 38.9 Å². The van der Waals surface area contributed by atoms with Gasteiger partial charge in [-0.2, -0.15) is 4.98 Å². The number of carbonyl (C=O) groups is 2. The molecule has 1 atom stereocenters. The zero-order chi connectivity index (χ0) is 50.1. The molecule has 14 rings (SSSR count). The largest absolute Gasteiger partial charge is 0.399 e. The first-order chi connectivity index (χ1) is 33.9. The first kappa shape index (κ1) is 48.3. The van der Waals surface area contributed by atoms with Crippen LogP contribution in [-0.4, -0.2) is 127 Å². The van der Waals surface area contributed by atoms with Crippen LogP contribution in [0, 0.1) is 25.7 Å². The molecular weight excluding hydrogens is 917 g/mol. The van der Waals surface area contributed by atoms with Gasteiger partial charge in [0.2, 0.25) is 11.1 Å². The smallest absolute Gasteiger partial charge is 0.263 e. The Morgan fingerprint density at radius 3 is 1.44 bits per heavy atom. The van der Waals surface area contributed by atoms with Crippen molar-refractivity contribution in [2.45, 2.75) is 82.5 Å². The van der Waals surface area contributed by atoms with Crippen molar-refractivity contribution in [2.75, 3.05) is 93.6 Å². The molecule has 6 aromatic rings. The van der Waals surface area contributed by atoms with Gasteiger partial charge in [0.1, 0.15) is 11.3 Å². The number of anilines is 5. The van der Waals surface area contributed by atoms with E-state index < -0.39 is 10.8 Å². The van der Waals surface area contributed by atoms with Gasteiger partial charge < -0.3 is 30.7 Å². The molecule has 2 aromatic carbocycles. The number of nitrogens with zero attached hydrogens (tertiary/aromatic N) is 10. The van der Waals surface area contributed by atoms with Crippen molar-refractivity contribution >= 4 is 73.1 Å². The van der Waals surface area contributed by atoms with Crippen LogP contribution in [0.2, 0.25) is 0 Å². The number of Topliss-reactive ketones (excluding diaryl/α,β-unsaturated/α-hetero) is 2. The lowest BCUT2D eigenvalue weighted by atomic mass is 9.49. The van der Waals surface area contributed by atoms with E-state index in [1.807, 2.05) is 31.2 Å². The Morgan fingerprint density at radius 1 is 0.634 bits per heavy atom. The van der Waals surface area contributed by atoms with Crippen LogP contribution in [0.25, 0.3) is 22.1 Å². The number of benzene rings is 2. The summed E-state index contributed by atoms with van der Waals surface area (Å²) in [5.41, 5.74) is 11.9. The second-order valence-electron chi connectivity index (χ2n) is 20.9. The summed E-state index contributed by atoms with van der Waals surface area (Å²) in [6, 6.07) is 16.5. The van der Waals surface area contributed by atoms with Gasteiger partial charge in [-0.05, 0) is 152 Å². The average Bonchev–Trinajstić information content (AvgIpc) is 3.28. The summed E-state index contributed by atoms with van der Waals surface area (Å²) in [6.45, 7) is 15.1. The number of nitrogen functional groups attached to an aromatic ring is 1. The molecule has 372 valence electrons. The molecule has 6 heterocycles. The Labute approximate surface area is 415 Å². The summed E-state index contributed by atoms with van der Waals surface area (Å²) in [5.74, 6) is 1.39. The van der Waals surface area contributed by atoms with Gasteiger partial charge in [-0.3, -0.25) is 32.5 Å². The molecule has 8 aliphatic rings. The predicted octanol–water partition coefficient (Wildman–Crippen LogP) is 5.88. The van der Waals surface area contributed by atoms with E-state index in [1.54, 1.807) is 28.5 Å². The first-order valence-corrected chi connectivity index (χ1v) is 26.3. The van der Waals surface area contributed by atoms with E-state index in [1.165, 1.54) is 31.5 Å². The standard InChI is InChI=1S/C26H30N6O2.C16H17N3O3S.C11H17N3/c1-16-21-15-27-25(28-19-4-6-20(7-5-19)31-10-8-30(3)9-11-31)29-23(21)32(24(34)22(16)17(2)33)26-12-18(13-26)14-26;1-8-11-7-17-15(23(3)22)18-13(11)19(14(21)12(8)9(2)20)16-4-10(5-16)6-16;1-13-6-8-14(9-7-13)11-4-2-10(12)3-5-11/h4-7,15,18H,8-14H2,1-3H3,(H,27,28,29);7,10H,4-6H2,1-3H3;2-5H,6-9,12H2,1H3. The minimum atomic E-state index is -1.32. The van der Waals surface area contributed by atoms with Gasteiger partial charge in [-0.1, -0.05) is 0 Å². The van der Waals surface area contributed by atoms with E-state index in [-0.39, 0.29) is 50.0 Å². The number of aryl methyl sites for hydroxylation is 2. The minimum Gasteiger partial charge on any atom is -0.399 e. The van der Waals surface area contributed by atoms with Gasteiger partial charge in [0.25, 0.3) is 11.1 Å². The summed E-state index contributed by atoms with van der Waals surface area (Å²) in [4.78, 5) is 78.1. The second-order valence-corrected chi connectivity index (χ2v) is 22.2. The number of rotatable bonds is 9. The minimum absolute atomic E-state index is 0.187. The molecule has 4 bridgehead atoms. The van der Waals surface area contributed by atoms with Gasteiger partial charge in [0.05, 0.1) is 33.0 Å². The highest BCUT2D eigenvalue weighted by molar-refractivity contribution is 7.84. The molecule has 6 aliphatic carbocycles. The number of nitrogens with two attached hydrogens (primary N) is 1. The maximum atomic E-state index is 13.4. The Hall–Kier alpha value is -6.37. The van der Waals surface area contributed by atoms with Gasteiger partial charge in [0.15, 0.2) is 11.6 Å². The summed E-state index contributed by atoms with van der Waals surface area (Å²) in [7, 11) is 3.00. The van der Waals surface area contributed by atoms with Crippen LogP contribution in [0.4, 0.5) is 28.7 Å². The molecule has 0 amide bonds. The number of likely N-dealkylation sites (N-methyl/N-ethyl adjacent to an activating group) is 2. The fourth-order valence-corrected chi connectivity index (χ4v) is 12.0. The molecule has 1 unspecified atom stereocenters. The Balaban J connectivity index is 0.000000135. The molecule has 18 heteroatoms. The second kappa shape index (κ2) is 18.7. The highest BCUT2D eigenvalue weighted by Gasteiger charge is 2.60. The number of hydrogen-bond donors (Lipinski definition) is 2. The number of nitrogens with one attached hydrogen (secondary N) is 1. The van der Waals surface area contributed by atoms with E-state index in [2.05, 4.69) is 78.2 Å². The van der Waals surface area contributed by atoms with Crippen LogP contribution in [-0.2, 0) is 21.9 Å². The fraction of sp³-hybridized carbons (Fsp3) is 0.472. The van der Waals surface area contributed by atoms with Crippen molar-refractivity contribution in [3.8, 4) is 0 Å². The van der Waals surface area contributed by atoms with Gasteiger partial charge in [-0.15, -0.1) is 0 Å². The third-order valence-electron chi connectivity index (χ3n) is 16.0. The summed E-state index contributed by atoms with van der Waals surface area (Å²) in [5, 5.41) is 4.98. The SMILES string of the molecule is CC(=O)c1c(C)c2cnc(Nc3ccc(N4CCN(C)CC4)cc3)nc2n(C23CC(C2)C3)c1=O.CC(=O)c1c(C)c2cnc(S(C)=O)nc2n(C23CC(C2)C3)c1=O.CN1CCN(c2ccc(N)cc2)CC1. The molecule has 3 N–H and O–H groups in total. The van der Waals surface area contributed by atoms with Crippen LogP contribution in [0.3, 0.4) is 0 Å². The Morgan fingerprint density at radius 2 is 1.04 bits per heavy atom. The summed E-state index contributed by atoms with van der Waals surface area (Å²) in [6.07, 6.45) is 10.7. The number of ketones is 2. The van der Waals surface area contributed by atoms with E-state index in [9.17, 15) is 23.4 Å². The van der Waals surface area contributed by atoms with E-state index in [0.29, 0.717) is 45.6 Å². The van der Waals surface area contributed by atoms with Crippen molar-refractivity contribution < 1.29 is 13.8 Å². The summed E-state index contributed by atoms with van der Waals surface area (Å²) >= 11 is 0. The van der Waals surface area contributed by atoms with Crippen molar-refractivity contribution in [1.29, 1.82) is 0 Å². The lowest BCUT2D eigenvalue weighted by Gasteiger charge is -2.62. The molecule has 2 saturated heterocycles. The number of hydrogen-bond acceptors (Lipinski definition) is 15. The predicted molar refractivity (Wildman–Crippen MR) is 280 cm³/mol. The molecule has 4 aromatic heterocycles. The topological polar surface area (TPSA) is 198 Å². The molecule has 6 saturated carbocycles. The van der Waals surface area contributed by atoms with E-state index in [4.69, 9.17) is 10.7 Å². The molecule has 0 spiro atoms. The van der Waals surface area contributed by atoms with Crippen molar-refractivity contribution in [2.24, 2.45) is 11.8 Å². The third kappa shape index (κ3) is 8.81. The van der Waals surface area contributed by atoms with Gasteiger partial charge in [-0.25, -0.2) is 15.0 Å². The maximum absolute atomic E-state index is 13.4. The Bertz CT molecular complexity index is 3200. The normalized spacial score (nSPS) is 23.7. The van der Waals surface area contributed by atoms with Crippen LogP contribution in [0.5, 0.6) is 0 Å². The van der Waals surface area contributed by atoms with Crippen LogP contribution in [0.15, 0.2) is 75.7 Å². The molecule has 71 heavy (non-hydrogen) atoms. The summed E-state index contributed by atoms with van der Waals surface area (Å²) < 4.78 is 15.2. The number of piperazine rings is 2. The van der Waals surface area contributed by atoms with Crippen LogP contribution < -0.4 is 32.0 Å². The van der Waals surface area contributed by atoms with Crippen molar-refractivity contribution in [3.63, 3.8) is 0 Å². The van der Waals surface area contributed by atoms with E-state index in [0.717, 1.165) is 108 Å². The zero-order valence-corrected chi connectivity index (χ0v) is 42.6. The third-order valence-corrected chi connectivity index (χ3v) is 16.7. The fourth-order valence-electron chi connectivity index (χ4n) is 11.6. The molecule has 0 radical (unpaired) electrons. The van der Waals surface area contributed by atoms with Crippen LogP contribution in [0.1, 0.15) is 84.2 Å². The monoisotopic (exact) mass is 980 g/mol. The molecule has 17 nitrogen and oxygen atoms in total. The number of pyridine rings is 2. The van der Waals surface area contributed by atoms with Crippen molar-refractivity contribution in [3.05, 3.63) is 104 Å². The van der Waals surface area contributed by atoms with Gasteiger partial charge in [0, 0.05) is 105 Å². The maximum Gasteiger partial charge on any atom is 0.263 e. The highest BCUT2D eigenvalue weighted by atomic mass is 32.2. The number of aromatic nitrogens is 6. The molecular formula is C53H64N12O5S. The Kier molecular flexibility index (Phi) is 12.7. The van der Waals surface area contributed by atoms with Gasteiger partial charge >= 0.3 is 0 Å². The molecule has 8 fully saturated rings. The quantitative estimate of drug-likeness (QED) is 0.0990. The average molecular weight is 981 g/mol. The zero-order valence-electron chi connectivity index (χ0n) is 41.8. The van der Waals surface area contributed by atoms with E-state index >= 15 is 0 Å². The lowest BCUT2D eigenvalue weighted by molar-refractivity contribution is -0.0886. The lowest BCUT2D eigenvalue weighted by Crippen LogP contribution is -2.62. The number of fused-ring (bicyclic) bond motifs is 2. The molecule has 2 aliphatic heterocycles. The highest BCUT2D eigenvalue weighted by Crippen LogP contribution is 2.63. The number of carbonyl (C=O) groups excluding carboxylic acids is 2. The first-order valence-electron chi connectivity index (χ1n) is 24.7. The van der Waals surface area contributed by atoms with Crippen LogP contribution >= 0.6 is 0 Å².